The molecule has 0 bridgehead atoms. The lowest BCUT2D eigenvalue weighted by Crippen LogP contribution is -2.14. The minimum Gasteiger partial charge on any atom is -0.494 e. The van der Waals surface area contributed by atoms with Crippen molar-refractivity contribution in [1.82, 2.24) is 15.5 Å². The second-order valence-electron chi connectivity index (χ2n) is 4.56. The summed E-state index contributed by atoms with van der Waals surface area (Å²) in [7, 11) is 0. The van der Waals surface area contributed by atoms with Crippen LogP contribution in [-0.4, -0.2) is 23.3 Å². The number of nitrogens with one attached hydrogen (secondary N) is 1. The third kappa shape index (κ3) is 2.61. The Hall–Kier alpha value is -1.88. The number of benzene rings is 1. The van der Waals surface area contributed by atoms with Crippen LogP contribution < -0.4 is 10.1 Å². The predicted molar refractivity (Wildman–Crippen MR) is 70.9 cm³/mol. The summed E-state index contributed by atoms with van der Waals surface area (Å²) in [5, 5.41) is 7.41. The Morgan fingerprint density at radius 3 is 2.89 bits per heavy atom. The second-order valence-corrected chi connectivity index (χ2v) is 4.56. The molecule has 19 heavy (non-hydrogen) atoms. The fraction of sp³-hybridized carbons (Fsp3) is 0.429. The van der Waals surface area contributed by atoms with Gasteiger partial charge in [0.05, 0.1) is 12.6 Å². The summed E-state index contributed by atoms with van der Waals surface area (Å²) >= 11 is 0. The predicted octanol–water partition coefficient (Wildman–Crippen LogP) is 2.56. The summed E-state index contributed by atoms with van der Waals surface area (Å²) in [5.74, 6) is 2.16. The molecule has 2 heterocycles. The van der Waals surface area contributed by atoms with Crippen LogP contribution in [0.15, 0.2) is 28.8 Å². The Labute approximate surface area is 112 Å². The van der Waals surface area contributed by atoms with Gasteiger partial charge in [-0.3, -0.25) is 0 Å². The van der Waals surface area contributed by atoms with Crippen LogP contribution in [0.1, 0.15) is 31.6 Å². The number of nitrogens with zero attached hydrogens (tertiary/aromatic N) is 2. The van der Waals surface area contributed by atoms with Crippen molar-refractivity contribution in [3.8, 4) is 17.2 Å². The van der Waals surface area contributed by atoms with Crippen LogP contribution in [0.5, 0.6) is 5.75 Å². The molecule has 5 heteroatoms. The lowest BCUT2D eigenvalue weighted by molar-refractivity contribution is 0.340. The highest BCUT2D eigenvalue weighted by atomic mass is 16.5. The summed E-state index contributed by atoms with van der Waals surface area (Å²) < 4.78 is 10.7. The normalized spacial score (nSPS) is 18.7. The van der Waals surface area contributed by atoms with E-state index in [1.165, 1.54) is 0 Å². The lowest BCUT2D eigenvalue weighted by atomic mass is 10.2. The molecule has 100 valence electrons. The maximum Gasteiger partial charge on any atom is 0.257 e. The molecular formula is C14H17N3O2. The molecule has 1 aliphatic rings. The van der Waals surface area contributed by atoms with E-state index < -0.39 is 0 Å². The minimum atomic E-state index is 0.236. The molecule has 0 amide bonds. The SMILES string of the molecule is CCOc1ccc(-c2nc(C3CCCN3)no2)cc1. The van der Waals surface area contributed by atoms with Crippen molar-refractivity contribution in [2.24, 2.45) is 0 Å². The zero-order chi connectivity index (χ0) is 13.1. The largest absolute Gasteiger partial charge is 0.494 e. The maximum atomic E-state index is 5.41. The van der Waals surface area contributed by atoms with Crippen molar-refractivity contribution in [2.45, 2.75) is 25.8 Å². The summed E-state index contributed by atoms with van der Waals surface area (Å²) in [5.41, 5.74) is 0.917. The van der Waals surface area contributed by atoms with E-state index >= 15 is 0 Å². The number of hydrogen-bond acceptors (Lipinski definition) is 5. The minimum absolute atomic E-state index is 0.236. The van der Waals surface area contributed by atoms with Gasteiger partial charge in [0.2, 0.25) is 0 Å². The molecule has 2 aromatic rings. The monoisotopic (exact) mass is 259 g/mol. The first-order chi connectivity index (χ1) is 9.36. The van der Waals surface area contributed by atoms with E-state index in [4.69, 9.17) is 9.26 Å². The molecular weight excluding hydrogens is 242 g/mol. The molecule has 1 aromatic heterocycles. The number of ether oxygens (including phenoxy) is 1. The van der Waals surface area contributed by atoms with E-state index in [0.29, 0.717) is 12.5 Å². The molecule has 1 aromatic carbocycles. The molecule has 1 fully saturated rings. The Kier molecular flexibility index (Phi) is 3.46. The van der Waals surface area contributed by atoms with Gasteiger partial charge in [0, 0.05) is 5.56 Å². The molecule has 1 aliphatic heterocycles. The van der Waals surface area contributed by atoms with Gasteiger partial charge in [0.25, 0.3) is 5.89 Å². The summed E-state index contributed by atoms with van der Waals surface area (Å²) in [6.07, 6.45) is 2.24. The van der Waals surface area contributed by atoms with Crippen LogP contribution in [-0.2, 0) is 0 Å². The molecule has 3 rings (SSSR count). The van der Waals surface area contributed by atoms with Crippen LogP contribution >= 0.6 is 0 Å². The average Bonchev–Trinajstić information content (AvgIpc) is 3.11. The topological polar surface area (TPSA) is 60.2 Å². The summed E-state index contributed by atoms with van der Waals surface area (Å²) in [6.45, 7) is 3.65. The third-order valence-electron chi connectivity index (χ3n) is 3.23. The molecule has 0 radical (unpaired) electrons. The van der Waals surface area contributed by atoms with Gasteiger partial charge in [-0.2, -0.15) is 4.98 Å². The van der Waals surface area contributed by atoms with E-state index in [1.807, 2.05) is 31.2 Å². The number of rotatable bonds is 4. The molecule has 0 spiro atoms. The van der Waals surface area contributed by atoms with Crippen LogP contribution in [0, 0.1) is 0 Å². The fourth-order valence-electron chi connectivity index (χ4n) is 2.26. The van der Waals surface area contributed by atoms with Crippen molar-refractivity contribution in [2.75, 3.05) is 13.2 Å². The molecule has 1 unspecified atom stereocenters. The first kappa shape index (κ1) is 12.2. The zero-order valence-corrected chi connectivity index (χ0v) is 10.9. The van der Waals surface area contributed by atoms with E-state index in [1.54, 1.807) is 0 Å². The number of hydrogen-bond donors (Lipinski definition) is 1. The van der Waals surface area contributed by atoms with Crippen LogP contribution in [0.4, 0.5) is 0 Å². The first-order valence-corrected chi connectivity index (χ1v) is 6.67. The lowest BCUT2D eigenvalue weighted by Gasteiger charge is -2.02. The Bertz CT molecular complexity index is 530. The summed E-state index contributed by atoms with van der Waals surface area (Å²) in [4.78, 5) is 4.46. The molecule has 1 saturated heterocycles. The maximum absolute atomic E-state index is 5.41. The smallest absolute Gasteiger partial charge is 0.257 e. The first-order valence-electron chi connectivity index (χ1n) is 6.67. The molecule has 5 nitrogen and oxygen atoms in total. The van der Waals surface area contributed by atoms with Gasteiger partial charge in [-0.05, 0) is 50.6 Å². The summed E-state index contributed by atoms with van der Waals surface area (Å²) in [6, 6.07) is 7.93. The highest BCUT2D eigenvalue weighted by Gasteiger charge is 2.21. The Balaban J connectivity index is 1.77. The number of aromatic nitrogens is 2. The quantitative estimate of drug-likeness (QED) is 0.914. The van der Waals surface area contributed by atoms with Crippen molar-refractivity contribution in [3.63, 3.8) is 0 Å². The van der Waals surface area contributed by atoms with Gasteiger partial charge in [0.15, 0.2) is 5.82 Å². The molecule has 1 atom stereocenters. The second kappa shape index (κ2) is 5.40. The highest BCUT2D eigenvalue weighted by molar-refractivity contribution is 5.54. The van der Waals surface area contributed by atoms with E-state index in [9.17, 15) is 0 Å². The van der Waals surface area contributed by atoms with Gasteiger partial charge in [-0.15, -0.1) is 0 Å². The van der Waals surface area contributed by atoms with Gasteiger partial charge >= 0.3 is 0 Å². The van der Waals surface area contributed by atoms with Crippen molar-refractivity contribution >= 4 is 0 Å². The van der Waals surface area contributed by atoms with E-state index in [-0.39, 0.29) is 6.04 Å². The van der Waals surface area contributed by atoms with Crippen LogP contribution in [0.2, 0.25) is 0 Å². The van der Waals surface area contributed by atoms with E-state index in [2.05, 4.69) is 15.5 Å². The van der Waals surface area contributed by atoms with Crippen molar-refractivity contribution < 1.29 is 9.26 Å². The Morgan fingerprint density at radius 1 is 1.37 bits per heavy atom. The zero-order valence-electron chi connectivity index (χ0n) is 10.9. The highest BCUT2D eigenvalue weighted by Crippen LogP contribution is 2.25. The molecule has 1 N–H and O–H groups in total. The van der Waals surface area contributed by atoms with Gasteiger partial charge < -0.3 is 14.6 Å². The van der Waals surface area contributed by atoms with Gasteiger partial charge in [0.1, 0.15) is 5.75 Å². The van der Waals surface area contributed by atoms with Crippen molar-refractivity contribution in [1.29, 1.82) is 0 Å². The fourth-order valence-corrected chi connectivity index (χ4v) is 2.26. The Morgan fingerprint density at radius 2 is 2.21 bits per heavy atom. The van der Waals surface area contributed by atoms with Crippen LogP contribution in [0.3, 0.4) is 0 Å². The van der Waals surface area contributed by atoms with Gasteiger partial charge in [-0.25, -0.2) is 0 Å². The van der Waals surface area contributed by atoms with Crippen LogP contribution in [0.25, 0.3) is 11.5 Å². The van der Waals surface area contributed by atoms with E-state index in [0.717, 1.165) is 36.5 Å². The molecule has 0 saturated carbocycles. The van der Waals surface area contributed by atoms with Crippen molar-refractivity contribution in [3.05, 3.63) is 30.1 Å². The standard InChI is InChI=1S/C14H17N3O2/c1-2-18-11-7-5-10(6-8-11)14-16-13(17-19-14)12-4-3-9-15-12/h5-8,12,15H,2-4,9H2,1H3. The van der Waals surface area contributed by atoms with Gasteiger partial charge in [-0.1, -0.05) is 5.16 Å². The average molecular weight is 259 g/mol. The third-order valence-corrected chi connectivity index (χ3v) is 3.23. The molecule has 0 aliphatic carbocycles.